The number of alkyl halides is 2. The van der Waals surface area contributed by atoms with E-state index in [1.807, 2.05) is 0 Å². The molecule has 0 aliphatic carbocycles. The van der Waals surface area contributed by atoms with Crippen LogP contribution in [0.4, 0.5) is 19.3 Å². The Labute approximate surface area is 118 Å². The van der Waals surface area contributed by atoms with Gasteiger partial charge in [0, 0.05) is 0 Å². The van der Waals surface area contributed by atoms with Crippen molar-refractivity contribution in [2.24, 2.45) is 0 Å². The smallest absolute Gasteiger partial charge is 0.416 e. The number of carbonyl (C=O) groups is 2. The molecule has 0 saturated heterocycles. The van der Waals surface area contributed by atoms with Crippen molar-refractivity contribution >= 4 is 17.7 Å². The molecule has 112 valence electrons. The molecule has 0 saturated carbocycles. The number of para-hydroxylation sites is 1. The van der Waals surface area contributed by atoms with Gasteiger partial charge in [-0.15, -0.1) is 0 Å². The number of aromatic carboxylic acids is 1. The van der Waals surface area contributed by atoms with Gasteiger partial charge in [-0.3, -0.25) is 4.90 Å². The number of benzene rings is 1. The lowest BCUT2D eigenvalue weighted by Crippen LogP contribution is -2.48. The van der Waals surface area contributed by atoms with Crippen molar-refractivity contribution in [1.29, 1.82) is 0 Å². The minimum absolute atomic E-state index is 0.0881. The van der Waals surface area contributed by atoms with Crippen LogP contribution in [0.1, 0.15) is 10.4 Å². The standard InChI is InChI=1S/C13H11F2NO5/c1-2-6-20-12(19)16-7-13(14,15)21-10-8(11(17)18)4-3-5-9(10)16/h2-5H,1,6-7H2,(H,17,18). The number of fused-ring (bicyclic) bond motifs is 1. The Morgan fingerprint density at radius 1 is 1.52 bits per heavy atom. The largest absolute Gasteiger partial charge is 0.478 e. The second-order valence-corrected chi connectivity index (χ2v) is 4.15. The molecule has 0 aromatic heterocycles. The molecule has 21 heavy (non-hydrogen) atoms. The molecule has 8 heteroatoms. The van der Waals surface area contributed by atoms with Crippen LogP contribution in [0.5, 0.6) is 5.75 Å². The van der Waals surface area contributed by atoms with Crippen LogP contribution in [0.2, 0.25) is 0 Å². The van der Waals surface area contributed by atoms with Crippen LogP contribution in [0, 0.1) is 0 Å². The van der Waals surface area contributed by atoms with Gasteiger partial charge >= 0.3 is 18.2 Å². The van der Waals surface area contributed by atoms with Gasteiger partial charge < -0.3 is 14.6 Å². The Hall–Kier alpha value is -2.64. The molecule has 0 unspecified atom stereocenters. The van der Waals surface area contributed by atoms with Crippen molar-refractivity contribution in [3.05, 3.63) is 36.4 Å². The highest BCUT2D eigenvalue weighted by molar-refractivity contribution is 5.98. The van der Waals surface area contributed by atoms with Gasteiger partial charge in [-0.25, -0.2) is 9.59 Å². The van der Waals surface area contributed by atoms with Crippen molar-refractivity contribution in [2.45, 2.75) is 6.11 Å². The van der Waals surface area contributed by atoms with Crippen molar-refractivity contribution in [3.63, 3.8) is 0 Å². The molecule has 6 nitrogen and oxygen atoms in total. The van der Waals surface area contributed by atoms with Crippen molar-refractivity contribution in [1.82, 2.24) is 0 Å². The monoisotopic (exact) mass is 299 g/mol. The zero-order chi connectivity index (χ0) is 15.6. The maximum Gasteiger partial charge on any atom is 0.416 e. The Balaban J connectivity index is 2.47. The number of ether oxygens (including phenoxy) is 2. The molecule has 1 aromatic carbocycles. The van der Waals surface area contributed by atoms with Crippen molar-refractivity contribution in [3.8, 4) is 5.75 Å². The maximum absolute atomic E-state index is 13.6. The molecule has 2 rings (SSSR count). The predicted molar refractivity (Wildman–Crippen MR) is 67.9 cm³/mol. The van der Waals surface area contributed by atoms with Crippen LogP contribution < -0.4 is 9.64 Å². The van der Waals surface area contributed by atoms with Gasteiger partial charge in [0.15, 0.2) is 5.75 Å². The highest BCUT2D eigenvalue weighted by Gasteiger charge is 2.44. The van der Waals surface area contributed by atoms with E-state index in [2.05, 4.69) is 11.3 Å². The number of carboxylic acids is 1. The van der Waals surface area contributed by atoms with E-state index >= 15 is 0 Å². The van der Waals surface area contributed by atoms with Crippen molar-refractivity contribution < 1.29 is 33.0 Å². The number of hydrogen-bond donors (Lipinski definition) is 1. The molecule has 0 bridgehead atoms. The first-order valence-corrected chi connectivity index (χ1v) is 5.84. The lowest BCUT2D eigenvalue weighted by Gasteiger charge is -2.33. The van der Waals surface area contributed by atoms with Crippen LogP contribution in [-0.4, -0.2) is 36.4 Å². The van der Waals surface area contributed by atoms with E-state index in [0.29, 0.717) is 4.90 Å². The second-order valence-electron chi connectivity index (χ2n) is 4.15. The summed E-state index contributed by atoms with van der Waals surface area (Å²) in [5.74, 6) is -2.01. The fourth-order valence-electron chi connectivity index (χ4n) is 1.83. The van der Waals surface area contributed by atoms with Crippen LogP contribution in [0.3, 0.4) is 0 Å². The van der Waals surface area contributed by atoms with Crippen LogP contribution >= 0.6 is 0 Å². The number of nitrogens with zero attached hydrogens (tertiary/aromatic N) is 1. The number of carboxylic acid groups (broad SMARTS) is 1. The second kappa shape index (κ2) is 5.39. The third-order valence-electron chi connectivity index (χ3n) is 2.65. The van der Waals surface area contributed by atoms with Gasteiger partial charge in [0.05, 0.1) is 5.69 Å². The van der Waals surface area contributed by atoms with Crippen LogP contribution in [-0.2, 0) is 4.74 Å². The van der Waals surface area contributed by atoms with Crippen molar-refractivity contribution in [2.75, 3.05) is 18.1 Å². The summed E-state index contributed by atoms with van der Waals surface area (Å²) in [6.45, 7) is 2.11. The molecular formula is C13H11F2NO5. The zero-order valence-electron chi connectivity index (χ0n) is 10.7. The molecule has 1 heterocycles. The Morgan fingerprint density at radius 2 is 2.24 bits per heavy atom. The first-order chi connectivity index (χ1) is 9.85. The summed E-state index contributed by atoms with van der Waals surface area (Å²) in [7, 11) is 0. The van der Waals surface area contributed by atoms with Gasteiger partial charge in [-0.2, -0.15) is 8.78 Å². The quantitative estimate of drug-likeness (QED) is 0.868. The summed E-state index contributed by atoms with van der Waals surface area (Å²) >= 11 is 0. The number of amides is 1. The number of carbonyl (C=O) groups excluding carboxylic acids is 1. The minimum Gasteiger partial charge on any atom is -0.478 e. The first-order valence-electron chi connectivity index (χ1n) is 5.84. The fraction of sp³-hybridized carbons (Fsp3) is 0.231. The van der Waals surface area contributed by atoms with E-state index in [4.69, 9.17) is 9.84 Å². The summed E-state index contributed by atoms with van der Waals surface area (Å²) in [5.41, 5.74) is -0.553. The molecule has 1 N–H and O–H groups in total. The maximum atomic E-state index is 13.6. The third kappa shape index (κ3) is 2.93. The first kappa shape index (κ1) is 14.8. The average Bonchev–Trinajstić information content (AvgIpc) is 2.42. The van der Waals surface area contributed by atoms with Gasteiger partial charge in [-0.05, 0) is 12.1 Å². The van der Waals surface area contributed by atoms with Gasteiger partial charge in [0.25, 0.3) is 0 Å². The lowest BCUT2D eigenvalue weighted by atomic mass is 10.1. The third-order valence-corrected chi connectivity index (χ3v) is 2.65. The summed E-state index contributed by atoms with van der Waals surface area (Å²) in [4.78, 5) is 23.5. The topological polar surface area (TPSA) is 76.1 Å². The minimum atomic E-state index is -3.72. The molecule has 0 radical (unpaired) electrons. The lowest BCUT2D eigenvalue weighted by molar-refractivity contribution is -0.171. The fourth-order valence-corrected chi connectivity index (χ4v) is 1.83. The number of rotatable bonds is 3. The molecule has 0 spiro atoms. The van der Waals surface area contributed by atoms with E-state index < -0.39 is 36.0 Å². The highest BCUT2D eigenvalue weighted by Crippen LogP contribution is 2.41. The molecule has 1 aliphatic heterocycles. The van der Waals surface area contributed by atoms with E-state index in [1.165, 1.54) is 18.2 Å². The van der Waals surface area contributed by atoms with E-state index in [0.717, 1.165) is 6.07 Å². The zero-order valence-corrected chi connectivity index (χ0v) is 10.7. The molecular weight excluding hydrogens is 288 g/mol. The summed E-state index contributed by atoms with van der Waals surface area (Å²) in [5, 5.41) is 9.00. The summed E-state index contributed by atoms with van der Waals surface area (Å²) in [6, 6.07) is 3.73. The van der Waals surface area contributed by atoms with Crippen LogP contribution in [0.25, 0.3) is 0 Å². The molecule has 1 amide bonds. The van der Waals surface area contributed by atoms with E-state index in [-0.39, 0.29) is 12.3 Å². The number of hydrogen-bond acceptors (Lipinski definition) is 4. The molecule has 0 atom stereocenters. The number of anilines is 1. The molecule has 0 fully saturated rings. The number of halogens is 2. The Morgan fingerprint density at radius 3 is 2.86 bits per heavy atom. The predicted octanol–water partition coefficient (Wildman–Crippen LogP) is 2.50. The average molecular weight is 299 g/mol. The van der Waals surface area contributed by atoms with E-state index in [1.54, 1.807) is 0 Å². The van der Waals surface area contributed by atoms with Gasteiger partial charge in [0.1, 0.15) is 18.7 Å². The molecule has 1 aromatic rings. The Kier molecular flexibility index (Phi) is 3.79. The normalized spacial score (nSPS) is 15.6. The van der Waals surface area contributed by atoms with E-state index in [9.17, 15) is 18.4 Å². The van der Waals surface area contributed by atoms with Crippen LogP contribution in [0.15, 0.2) is 30.9 Å². The van der Waals surface area contributed by atoms with Gasteiger partial charge in [0.2, 0.25) is 0 Å². The van der Waals surface area contributed by atoms with Gasteiger partial charge in [-0.1, -0.05) is 18.7 Å². The molecule has 1 aliphatic rings. The summed E-state index contributed by atoms with van der Waals surface area (Å²) in [6.07, 6.45) is -3.47. The summed E-state index contributed by atoms with van der Waals surface area (Å²) < 4.78 is 36.3. The SMILES string of the molecule is C=CCOC(=O)N1CC(F)(F)Oc2c(C(=O)O)cccc21. The Bertz CT molecular complexity index is 602. The highest BCUT2D eigenvalue weighted by atomic mass is 19.3.